The van der Waals surface area contributed by atoms with Gasteiger partial charge in [-0.05, 0) is 19.3 Å². The summed E-state index contributed by atoms with van der Waals surface area (Å²) in [4.78, 5) is 95.7. The molecule has 1 aliphatic heterocycles. The monoisotopic (exact) mass is 1120 g/mol. The fourth-order valence-corrected chi connectivity index (χ4v) is 9.74. The van der Waals surface area contributed by atoms with Crippen molar-refractivity contribution in [2.75, 3.05) is 26.4 Å². The molecule has 1 aliphatic rings. The topological polar surface area (TPSA) is 303 Å². The van der Waals surface area contributed by atoms with Gasteiger partial charge in [0.15, 0.2) is 12.4 Å². The van der Waals surface area contributed by atoms with E-state index in [1.54, 1.807) is 0 Å². The minimum Gasteiger partial charge on any atom is -0.481 e. The first kappa shape index (κ1) is 71.8. The zero-order valence-electron chi connectivity index (χ0n) is 47.4. The van der Waals surface area contributed by atoms with Crippen LogP contribution >= 0.6 is 7.82 Å². The van der Waals surface area contributed by atoms with E-state index < -0.39 is 125 Å². The first-order chi connectivity index (χ1) is 37.0. The SMILES string of the molecule is CCCCCCCCCCCCCC(=O)NC(COC[C@H]1O[C@H](OC(CC(=O)O)CC(=O)O)[C@H](NC(=O)CCCCCCCCCCCCC)[C@@H](OC(=O)CNC(=O)CCCCCCCCCCC)[C@@H]1O)COP(=O)(O)O. The summed E-state index contributed by atoms with van der Waals surface area (Å²) in [5, 5.41) is 39.2. The molecule has 0 aromatic rings. The molecule has 77 heavy (non-hydrogen) atoms. The van der Waals surface area contributed by atoms with Crippen LogP contribution in [0, 0.1) is 0 Å². The number of hydrogen-bond acceptors (Lipinski definition) is 13. The molecule has 0 aromatic heterocycles. The van der Waals surface area contributed by atoms with E-state index >= 15 is 0 Å². The number of unbranched alkanes of at least 4 members (excludes halogenated alkanes) is 28. The van der Waals surface area contributed by atoms with Crippen molar-refractivity contribution in [1.82, 2.24) is 16.0 Å². The number of nitrogens with one attached hydrogen (secondary N) is 3. The normalized spacial score (nSPS) is 18.0. The zero-order valence-corrected chi connectivity index (χ0v) is 48.3. The smallest absolute Gasteiger partial charge is 0.469 e. The van der Waals surface area contributed by atoms with Gasteiger partial charge >= 0.3 is 25.7 Å². The molecule has 6 atom stereocenters. The molecule has 20 nitrogen and oxygen atoms in total. The quantitative estimate of drug-likeness (QED) is 0.0160. The maximum Gasteiger partial charge on any atom is 0.469 e. The third kappa shape index (κ3) is 40.6. The van der Waals surface area contributed by atoms with Gasteiger partial charge in [-0.25, -0.2) is 4.57 Å². The number of carbonyl (C=O) groups is 6. The average molecular weight is 1120 g/mol. The molecule has 0 aliphatic carbocycles. The Labute approximate surface area is 461 Å². The molecule has 21 heteroatoms. The number of carboxylic acid groups (broad SMARTS) is 2. The third-order valence-electron chi connectivity index (χ3n) is 13.8. The number of phosphoric acid groups is 1. The molecule has 1 rings (SSSR count). The molecule has 450 valence electrons. The summed E-state index contributed by atoms with van der Waals surface area (Å²) in [7, 11) is -4.99. The van der Waals surface area contributed by atoms with Crippen LogP contribution in [-0.2, 0) is 56.8 Å². The number of aliphatic carboxylic acids is 2. The number of amides is 3. The van der Waals surface area contributed by atoms with Crippen molar-refractivity contribution < 1.29 is 81.9 Å². The maximum absolute atomic E-state index is 13.6. The Morgan fingerprint density at radius 1 is 0.558 bits per heavy atom. The summed E-state index contributed by atoms with van der Waals surface area (Å²) >= 11 is 0. The van der Waals surface area contributed by atoms with Gasteiger partial charge in [0.05, 0.1) is 44.8 Å². The van der Waals surface area contributed by atoms with Crippen LogP contribution < -0.4 is 16.0 Å². The molecule has 1 saturated heterocycles. The van der Waals surface area contributed by atoms with E-state index in [0.717, 1.165) is 83.5 Å². The van der Waals surface area contributed by atoms with E-state index in [0.29, 0.717) is 19.3 Å². The van der Waals surface area contributed by atoms with Crippen LogP contribution in [-0.4, -0.2) is 130 Å². The van der Waals surface area contributed by atoms with Gasteiger partial charge in [-0.2, -0.15) is 0 Å². The third-order valence-corrected chi connectivity index (χ3v) is 14.2. The van der Waals surface area contributed by atoms with Gasteiger partial charge < -0.3 is 60.0 Å². The summed E-state index contributed by atoms with van der Waals surface area (Å²) in [6.45, 7) is 4.32. The molecule has 3 amide bonds. The summed E-state index contributed by atoms with van der Waals surface area (Å²) in [5.74, 6) is -5.14. The molecule has 0 spiro atoms. The van der Waals surface area contributed by atoms with Gasteiger partial charge in [-0.1, -0.05) is 201 Å². The van der Waals surface area contributed by atoms with E-state index in [1.807, 2.05) is 0 Å². The highest BCUT2D eigenvalue weighted by Gasteiger charge is 2.50. The molecule has 0 radical (unpaired) electrons. The number of ether oxygens (including phenoxy) is 4. The minimum absolute atomic E-state index is 0.0230. The standard InChI is InChI=1S/C56H104N3O17P/c1-4-7-10-13-16-19-21-24-27-30-33-36-48(61)58-44(42-73-77(69,70)71)41-72-43-46-54(68)55(76-52(67)40-57-47(60)35-32-29-26-23-18-15-12-9-6-3)53(56(75-46)74-45(38-50(63)64)39-51(65)66)59-49(62)37-34-31-28-25-22-20-17-14-11-8-5-2/h44-46,53-56,68H,4-43H2,1-3H3,(H,57,60)(H,58,61)(H,59,62)(H,63,64)(H,65,66)(H2,69,70,71)/t44?,46-,53-,54-,55-,56+/m1/s1. The predicted octanol–water partition coefficient (Wildman–Crippen LogP) is 9.85. The van der Waals surface area contributed by atoms with Crippen LogP contribution in [0.25, 0.3) is 0 Å². The highest BCUT2D eigenvalue weighted by molar-refractivity contribution is 7.46. The van der Waals surface area contributed by atoms with Crippen molar-refractivity contribution in [3.63, 3.8) is 0 Å². The van der Waals surface area contributed by atoms with Crippen molar-refractivity contribution in [3.05, 3.63) is 0 Å². The van der Waals surface area contributed by atoms with Gasteiger partial charge in [0.25, 0.3) is 0 Å². The minimum atomic E-state index is -4.99. The Hall–Kier alpha value is -3.23. The lowest BCUT2D eigenvalue weighted by molar-refractivity contribution is -0.287. The Morgan fingerprint density at radius 2 is 0.961 bits per heavy atom. The van der Waals surface area contributed by atoms with Crippen LogP contribution in [0.2, 0.25) is 0 Å². The van der Waals surface area contributed by atoms with E-state index in [9.17, 15) is 58.4 Å². The summed E-state index contributed by atoms with van der Waals surface area (Å²) in [6.07, 6.45) is 23.4. The summed E-state index contributed by atoms with van der Waals surface area (Å²) in [5.41, 5.74) is 0. The van der Waals surface area contributed by atoms with Crippen molar-refractivity contribution in [2.24, 2.45) is 0 Å². The Balaban J connectivity index is 3.22. The molecule has 8 N–H and O–H groups in total. The van der Waals surface area contributed by atoms with E-state index in [4.69, 9.17) is 23.5 Å². The molecule has 0 aromatic carbocycles. The lowest BCUT2D eigenvalue weighted by atomic mass is 9.96. The number of carboxylic acids is 2. The highest BCUT2D eigenvalue weighted by Crippen LogP contribution is 2.36. The number of phosphoric ester groups is 1. The first-order valence-electron chi connectivity index (χ1n) is 29.7. The Bertz CT molecular complexity index is 1610. The van der Waals surface area contributed by atoms with Crippen LogP contribution in [0.4, 0.5) is 0 Å². The maximum atomic E-state index is 13.6. The summed E-state index contributed by atoms with van der Waals surface area (Å²) in [6, 6.07) is -2.62. The second-order valence-corrected chi connectivity index (χ2v) is 22.3. The van der Waals surface area contributed by atoms with Crippen molar-refractivity contribution in [2.45, 2.75) is 295 Å². The Kier molecular flexibility index (Phi) is 43.4. The number of hydrogen-bond donors (Lipinski definition) is 8. The predicted molar refractivity (Wildman–Crippen MR) is 294 cm³/mol. The number of esters is 1. The number of aliphatic hydroxyl groups excluding tert-OH is 1. The fourth-order valence-electron chi connectivity index (χ4n) is 9.36. The Morgan fingerprint density at radius 3 is 1.38 bits per heavy atom. The number of carbonyl (C=O) groups excluding carboxylic acids is 4. The molecule has 0 saturated carbocycles. The zero-order chi connectivity index (χ0) is 56.9. The second kappa shape index (κ2) is 46.5. The van der Waals surface area contributed by atoms with Gasteiger partial charge in [0, 0.05) is 19.3 Å². The second-order valence-electron chi connectivity index (χ2n) is 21.0. The van der Waals surface area contributed by atoms with Gasteiger partial charge in [-0.15, -0.1) is 0 Å². The lowest BCUT2D eigenvalue weighted by Crippen LogP contribution is -2.66. The van der Waals surface area contributed by atoms with Crippen molar-refractivity contribution in [1.29, 1.82) is 0 Å². The van der Waals surface area contributed by atoms with Gasteiger partial charge in [0.1, 0.15) is 24.8 Å². The molecular weight excluding hydrogens is 1020 g/mol. The van der Waals surface area contributed by atoms with Gasteiger partial charge in [-0.3, -0.25) is 33.3 Å². The lowest BCUT2D eigenvalue weighted by Gasteiger charge is -2.45. The van der Waals surface area contributed by atoms with E-state index in [-0.39, 0.29) is 19.3 Å². The summed E-state index contributed by atoms with van der Waals surface area (Å²) < 4.78 is 40.2. The van der Waals surface area contributed by atoms with Crippen molar-refractivity contribution in [3.8, 4) is 0 Å². The first-order valence-corrected chi connectivity index (χ1v) is 31.3. The van der Waals surface area contributed by atoms with E-state index in [1.165, 1.54) is 96.3 Å². The average Bonchev–Trinajstić information content (AvgIpc) is 3.36. The molecular formula is C56H104N3O17P. The van der Waals surface area contributed by atoms with Gasteiger partial charge in [0.2, 0.25) is 17.7 Å². The highest BCUT2D eigenvalue weighted by atomic mass is 31.2. The molecule has 0 bridgehead atoms. The van der Waals surface area contributed by atoms with Crippen LogP contribution in [0.1, 0.15) is 252 Å². The number of rotatable bonds is 52. The largest absolute Gasteiger partial charge is 0.481 e. The molecule has 1 fully saturated rings. The number of aliphatic hydroxyl groups is 1. The van der Waals surface area contributed by atoms with Crippen LogP contribution in [0.15, 0.2) is 0 Å². The van der Waals surface area contributed by atoms with Crippen LogP contribution in [0.5, 0.6) is 0 Å². The molecule has 1 unspecified atom stereocenters. The molecule has 1 heterocycles. The van der Waals surface area contributed by atoms with Crippen LogP contribution in [0.3, 0.4) is 0 Å². The van der Waals surface area contributed by atoms with E-state index in [2.05, 4.69) is 36.7 Å². The van der Waals surface area contributed by atoms with Crippen molar-refractivity contribution >= 4 is 43.5 Å². The fraction of sp³-hybridized carbons (Fsp3) is 0.893.